The number of halogens is 1. The first-order chi connectivity index (χ1) is 16.2. The van der Waals surface area contributed by atoms with E-state index in [1.54, 1.807) is 17.0 Å². The van der Waals surface area contributed by atoms with Crippen LogP contribution in [0.3, 0.4) is 0 Å². The summed E-state index contributed by atoms with van der Waals surface area (Å²) < 4.78 is 26.8. The monoisotopic (exact) mass is 515 g/mol. The van der Waals surface area contributed by atoms with Crippen molar-refractivity contribution in [3.05, 3.63) is 86.6 Å². The fourth-order valence-corrected chi connectivity index (χ4v) is 5.22. The van der Waals surface area contributed by atoms with Crippen LogP contribution in [-0.2, 0) is 27.8 Å². The fourth-order valence-electron chi connectivity index (χ4n) is 3.39. The Morgan fingerprint density at radius 1 is 1.24 bits per heavy atom. The number of hydrogen-bond acceptors (Lipinski definition) is 5. The molecule has 3 aromatic rings. The van der Waals surface area contributed by atoms with Gasteiger partial charge in [0.1, 0.15) is 6.04 Å². The van der Waals surface area contributed by atoms with Crippen LogP contribution in [-0.4, -0.2) is 32.3 Å². The zero-order chi connectivity index (χ0) is 24.7. The second-order valence-corrected chi connectivity index (χ2v) is 10.8. The molecule has 1 amide bonds. The van der Waals surface area contributed by atoms with Crippen LogP contribution in [0, 0.1) is 19.3 Å². The maximum absolute atomic E-state index is 13.3. The normalized spacial score (nSPS) is 12.2. The van der Waals surface area contributed by atoms with E-state index in [2.05, 4.69) is 10.6 Å². The molecule has 3 rings (SSSR count). The molecule has 0 unspecified atom stereocenters. The first-order valence-corrected chi connectivity index (χ1v) is 13.3. The fraction of sp³-hybridized carbons (Fsp3) is 0.240. The second-order valence-electron chi connectivity index (χ2n) is 7.79. The average Bonchev–Trinajstić information content (AvgIpc) is 3.37. The molecule has 6 nitrogen and oxygen atoms in total. The van der Waals surface area contributed by atoms with Gasteiger partial charge in [-0.3, -0.25) is 4.79 Å². The van der Waals surface area contributed by atoms with E-state index >= 15 is 0 Å². The lowest BCUT2D eigenvalue weighted by Gasteiger charge is -2.26. The number of aryl methyl sites for hydroxylation is 1. The van der Waals surface area contributed by atoms with Crippen molar-refractivity contribution in [2.24, 2.45) is 5.73 Å². The van der Waals surface area contributed by atoms with Gasteiger partial charge in [0.2, 0.25) is 15.9 Å². The number of hydrogen-bond donors (Lipinski definition) is 2. The lowest BCUT2D eigenvalue weighted by Crippen LogP contribution is -2.39. The summed E-state index contributed by atoms with van der Waals surface area (Å²) in [5.41, 5.74) is 9.92. The average molecular weight is 516 g/mol. The SMILES string of the molecule is C#CCNS(=O)(=O)c1ccc(CCN(Cc2cc(Cl)ccc2C)C(=O)[C@@H](N)c2ccsc2)cc1. The lowest BCUT2D eigenvalue weighted by molar-refractivity contribution is -0.133. The number of amides is 1. The molecule has 1 aromatic heterocycles. The quantitative estimate of drug-likeness (QED) is 0.401. The molecule has 0 radical (unpaired) electrons. The summed E-state index contributed by atoms with van der Waals surface area (Å²) in [5.74, 6) is 2.06. The van der Waals surface area contributed by atoms with Crippen molar-refractivity contribution in [2.75, 3.05) is 13.1 Å². The van der Waals surface area contributed by atoms with Gasteiger partial charge >= 0.3 is 0 Å². The summed E-state index contributed by atoms with van der Waals surface area (Å²) in [6.45, 7) is 2.67. The summed E-state index contributed by atoms with van der Waals surface area (Å²) in [7, 11) is -3.65. The highest BCUT2D eigenvalue weighted by Crippen LogP contribution is 2.22. The molecule has 3 N–H and O–H groups in total. The standard InChI is InChI=1S/C25H26ClN3O3S2/c1-3-12-28-34(31,32)23-8-5-19(6-9-23)10-13-29(16-21-15-22(26)7-4-18(21)2)25(30)24(27)20-11-14-33-17-20/h1,4-9,11,14-15,17,24,28H,10,12-13,16,27H2,2H3/t24-/m0/s1. The van der Waals surface area contributed by atoms with E-state index in [0.29, 0.717) is 24.5 Å². The molecule has 1 atom stereocenters. The Bertz CT molecular complexity index is 1270. The largest absolute Gasteiger partial charge is 0.336 e. The number of nitrogens with zero attached hydrogens (tertiary/aromatic N) is 1. The number of sulfonamides is 1. The van der Waals surface area contributed by atoms with E-state index in [9.17, 15) is 13.2 Å². The minimum atomic E-state index is -3.65. The molecule has 1 heterocycles. The van der Waals surface area contributed by atoms with Gasteiger partial charge in [-0.15, -0.1) is 6.42 Å². The summed E-state index contributed by atoms with van der Waals surface area (Å²) >= 11 is 7.68. The predicted octanol–water partition coefficient (Wildman–Crippen LogP) is 3.89. The molecule has 178 valence electrons. The Hall–Kier alpha value is -2.67. The topological polar surface area (TPSA) is 92.5 Å². The summed E-state index contributed by atoms with van der Waals surface area (Å²) in [5, 5.41) is 4.37. The van der Waals surface area contributed by atoms with Gasteiger partial charge in [-0.25, -0.2) is 8.42 Å². The van der Waals surface area contributed by atoms with Crippen LogP contribution in [0.25, 0.3) is 0 Å². The Kier molecular flexibility index (Phi) is 8.89. The second kappa shape index (κ2) is 11.6. The van der Waals surface area contributed by atoms with E-state index in [0.717, 1.165) is 22.3 Å². The molecule has 34 heavy (non-hydrogen) atoms. The predicted molar refractivity (Wildman–Crippen MR) is 137 cm³/mol. The minimum absolute atomic E-state index is 0.0749. The first kappa shape index (κ1) is 25.9. The zero-order valence-corrected chi connectivity index (χ0v) is 21.1. The van der Waals surface area contributed by atoms with Gasteiger partial charge in [0.25, 0.3) is 0 Å². The molecular weight excluding hydrogens is 490 g/mol. The highest BCUT2D eigenvalue weighted by Gasteiger charge is 2.24. The number of rotatable bonds is 10. The Balaban J connectivity index is 1.78. The smallest absolute Gasteiger partial charge is 0.244 e. The lowest BCUT2D eigenvalue weighted by atomic mass is 10.1. The van der Waals surface area contributed by atoms with E-state index in [1.807, 2.05) is 41.9 Å². The third-order valence-electron chi connectivity index (χ3n) is 5.42. The molecular formula is C25H26ClN3O3S2. The third-order valence-corrected chi connectivity index (χ3v) is 7.77. The summed E-state index contributed by atoms with van der Waals surface area (Å²) in [4.78, 5) is 15.2. The van der Waals surface area contributed by atoms with Crippen LogP contribution in [0.5, 0.6) is 0 Å². The van der Waals surface area contributed by atoms with Crippen molar-refractivity contribution in [3.63, 3.8) is 0 Å². The van der Waals surface area contributed by atoms with Crippen molar-refractivity contribution >= 4 is 38.9 Å². The van der Waals surface area contributed by atoms with Gasteiger partial charge in [0, 0.05) is 18.1 Å². The molecule has 0 spiro atoms. The van der Waals surface area contributed by atoms with Gasteiger partial charge < -0.3 is 10.6 Å². The molecule has 2 aromatic carbocycles. The van der Waals surface area contributed by atoms with Crippen molar-refractivity contribution < 1.29 is 13.2 Å². The van der Waals surface area contributed by atoms with E-state index in [1.165, 1.54) is 23.5 Å². The number of terminal acetylenes is 1. The van der Waals surface area contributed by atoms with Crippen LogP contribution in [0.2, 0.25) is 5.02 Å². The third kappa shape index (κ3) is 6.69. The van der Waals surface area contributed by atoms with E-state index in [-0.39, 0.29) is 17.3 Å². The Labute approximate surface area is 209 Å². The zero-order valence-electron chi connectivity index (χ0n) is 18.7. The van der Waals surface area contributed by atoms with Crippen molar-refractivity contribution in [1.29, 1.82) is 0 Å². The minimum Gasteiger partial charge on any atom is -0.336 e. The molecule has 0 aliphatic heterocycles. The van der Waals surface area contributed by atoms with Crippen molar-refractivity contribution in [1.82, 2.24) is 9.62 Å². The summed E-state index contributed by atoms with van der Waals surface area (Å²) in [6, 6.07) is 13.2. The number of nitrogens with two attached hydrogens (primary N) is 1. The molecule has 0 bridgehead atoms. The molecule has 0 saturated carbocycles. The van der Waals surface area contributed by atoms with Crippen LogP contribution in [0.1, 0.15) is 28.3 Å². The Morgan fingerprint density at radius 3 is 2.62 bits per heavy atom. The van der Waals surface area contributed by atoms with Crippen LogP contribution >= 0.6 is 22.9 Å². The van der Waals surface area contributed by atoms with Crippen molar-refractivity contribution in [3.8, 4) is 12.3 Å². The number of nitrogens with one attached hydrogen (secondary N) is 1. The van der Waals surface area contributed by atoms with Crippen molar-refractivity contribution in [2.45, 2.75) is 30.8 Å². The van der Waals surface area contributed by atoms with Gasteiger partial charge in [0.15, 0.2) is 0 Å². The maximum Gasteiger partial charge on any atom is 0.244 e. The van der Waals surface area contributed by atoms with Crippen LogP contribution < -0.4 is 10.5 Å². The van der Waals surface area contributed by atoms with Gasteiger partial charge in [0.05, 0.1) is 11.4 Å². The van der Waals surface area contributed by atoms with Gasteiger partial charge in [-0.05, 0) is 76.7 Å². The van der Waals surface area contributed by atoms with Gasteiger partial charge in [-0.1, -0.05) is 35.7 Å². The first-order valence-electron chi connectivity index (χ1n) is 10.5. The number of benzene rings is 2. The molecule has 0 saturated heterocycles. The number of carbonyl (C=O) groups is 1. The molecule has 9 heteroatoms. The van der Waals surface area contributed by atoms with E-state index < -0.39 is 16.1 Å². The number of carbonyl (C=O) groups excluding carboxylic acids is 1. The Morgan fingerprint density at radius 2 is 1.97 bits per heavy atom. The van der Waals surface area contributed by atoms with Crippen LogP contribution in [0.4, 0.5) is 0 Å². The van der Waals surface area contributed by atoms with Gasteiger partial charge in [-0.2, -0.15) is 16.1 Å². The molecule has 0 aliphatic rings. The highest BCUT2D eigenvalue weighted by molar-refractivity contribution is 7.89. The molecule has 0 fully saturated rings. The molecule has 0 aliphatic carbocycles. The maximum atomic E-state index is 13.3. The summed E-state index contributed by atoms with van der Waals surface area (Å²) in [6.07, 6.45) is 5.66. The van der Waals surface area contributed by atoms with Crippen LogP contribution in [0.15, 0.2) is 64.2 Å². The number of thiophene rings is 1. The van der Waals surface area contributed by atoms with E-state index in [4.69, 9.17) is 23.8 Å². The highest BCUT2D eigenvalue weighted by atomic mass is 35.5.